The molecule has 17 heavy (non-hydrogen) atoms. The Kier molecular flexibility index (Phi) is 4.69. The SMILES string of the molecule is CCC(CC)OC(=O)c1ccc(C(=O)O)cc1. The molecule has 0 unspecified atom stereocenters. The lowest BCUT2D eigenvalue weighted by molar-refractivity contribution is 0.0284. The Labute approximate surface area is 100 Å². The first-order valence-corrected chi connectivity index (χ1v) is 5.62. The summed E-state index contributed by atoms with van der Waals surface area (Å²) in [6, 6.07) is 5.72. The van der Waals surface area contributed by atoms with Gasteiger partial charge in [-0.25, -0.2) is 9.59 Å². The largest absolute Gasteiger partial charge is 0.478 e. The number of benzene rings is 1. The summed E-state index contributed by atoms with van der Waals surface area (Å²) in [5.74, 6) is -1.42. The van der Waals surface area contributed by atoms with Gasteiger partial charge in [-0.3, -0.25) is 0 Å². The van der Waals surface area contributed by atoms with Gasteiger partial charge in [0.25, 0.3) is 0 Å². The van der Waals surface area contributed by atoms with Gasteiger partial charge in [-0.15, -0.1) is 0 Å². The minimum Gasteiger partial charge on any atom is -0.478 e. The van der Waals surface area contributed by atoms with Crippen molar-refractivity contribution in [1.82, 2.24) is 0 Å². The molecule has 0 aromatic heterocycles. The molecule has 0 fully saturated rings. The maximum atomic E-state index is 11.7. The van der Waals surface area contributed by atoms with Gasteiger partial charge in [0, 0.05) is 0 Å². The van der Waals surface area contributed by atoms with E-state index in [2.05, 4.69) is 0 Å². The van der Waals surface area contributed by atoms with E-state index in [1.165, 1.54) is 24.3 Å². The molecule has 0 bridgehead atoms. The maximum absolute atomic E-state index is 11.7. The van der Waals surface area contributed by atoms with Crippen molar-refractivity contribution in [3.8, 4) is 0 Å². The fourth-order valence-corrected chi connectivity index (χ4v) is 1.42. The van der Waals surface area contributed by atoms with E-state index in [0.717, 1.165) is 12.8 Å². The summed E-state index contributed by atoms with van der Waals surface area (Å²) >= 11 is 0. The van der Waals surface area contributed by atoms with Crippen LogP contribution in [0.4, 0.5) is 0 Å². The molecule has 0 aliphatic rings. The molecule has 1 rings (SSSR count). The Hall–Kier alpha value is -1.84. The normalized spacial score (nSPS) is 10.3. The Balaban J connectivity index is 2.73. The number of esters is 1. The molecule has 0 aliphatic carbocycles. The third-order valence-corrected chi connectivity index (χ3v) is 2.55. The molecule has 0 amide bonds. The molecule has 0 radical (unpaired) electrons. The van der Waals surface area contributed by atoms with E-state index in [0.29, 0.717) is 5.56 Å². The van der Waals surface area contributed by atoms with Crippen LogP contribution in [0.25, 0.3) is 0 Å². The van der Waals surface area contributed by atoms with Crippen LogP contribution in [-0.4, -0.2) is 23.1 Å². The van der Waals surface area contributed by atoms with E-state index in [9.17, 15) is 9.59 Å². The van der Waals surface area contributed by atoms with Crippen LogP contribution < -0.4 is 0 Å². The first-order valence-electron chi connectivity index (χ1n) is 5.62. The van der Waals surface area contributed by atoms with Crippen LogP contribution in [0.5, 0.6) is 0 Å². The molecule has 92 valence electrons. The molecular formula is C13H16O4. The number of carbonyl (C=O) groups is 2. The van der Waals surface area contributed by atoms with Gasteiger partial charge in [0.1, 0.15) is 6.10 Å². The lowest BCUT2D eigenvalue weighted by Gasteiger charge is -2.13. The summed E-state index contributed by atoms with van der Waals surface area (Å²) in [6.45, 7) is 3.91. The molecule has 1 N–H and O–H groups in total. The average Bonchev–Trinajstić information content (AvgIpc) is 2.35. The smallest absolute Gasteiger partial charge is 0.338 e. The molecule has 0 saturated carbocycles. The highest BCUT2D eigenvalue weighted by Gasteiger charge is 2.13. The Morgan fingerprint density at radius 3 is 2.00 bits per heavy atom. The number of rotatable bonds is 5. The minimum absolute atomic E-state index is 0.0818. The second-order valence-corrected chi connectivity index (χ2v) is 3.73. The molecule has 1 aromatic carbocycles. The van der Waals surface area contributed by atoms with Gasteiger partial charge in [-0.1, -0.05) is 13.8 Å². The van der Waals surface area contributed by atoms with Gasteiger partial charge in [-0.05, 0) is 37.1 Å². The monoisotopic (exact) mass is 236 g/mol. The summed E-state index contributed by atoms with van der Waals surface area (Å²) in [4.78, 5) is 22.3. The standard InChI is InChI=1S/C13H16O4/c1-3-11(4-2)17-13(16)10-7-5-9(6-8-10)12(14)15/h5-8,11H,3-4H2,1-2H3,(H,14,15). The topological polar surface area (TPSA) is 63.6 Å². The van der Waals surface area contributed by atoms with Crippen molar-refractivity contribution in [2.24, 2.45) is 0 Å². The predicted molar refractivity (Wildman–Crippen MR) is 63.2 cm³/mol. The number of aromatic carboxylic acids is 1. The van der Waals surface area contributed by atoms with Crippen molar-refractivity contribution < 1.29 is 19.4 Å². The first-order chi connectivity index (χ1) is 8.08. The number of hydrogen-bond donors (Lipinski definition) is 1. The molecule has 0 spiro atoms. The zero-order chi connectivity index (χ0) is 12.8. The highest BCUT2D eigenvalue weighted by atomic mass is 16.5. The van der Waals surface area contributed by atoms with Crippen LogP contribution in [-0.2, 0) is 4.74 Å². The van der Waals surface area contributed by atoms with E-state index in [-0.39, 0.29) is 11.7 Å². The third-order valence-electron chi connectivity index (χ3n) is 2.55. The fourth-order valence-electron chi connectivity index (χ4n) is 1.42. The number of ether oxygens (including phenoxy) is 1. The molecule has 0 aliphatic heterocycles. The summed E-state index contributed by atoms with van der Waals surface area (Å²) < 4.78 is 5.25. The van der Waals surface area contributed by atoms with E-state index >= 15 is 0 Å². The van der Waals surface area contributed by atoms with Crippen LogP contribution in [0.3, 0.4) is 0 Å². The van der Waals surface area contributed by atoms with Crippen LogP contribution >= 0.6 is 0 Å². The van der Waals surface area contributed by atoms with Crippen molar-refractivity contribution in [1.29, 1.82) is 0 Å². The van der Waals surface area contributed by atoms with Crippen LogP contribution in [0.15, 0.2) is 24.3 Å². The van der Waals surface area contributed by atoms with Gasteiger partial charge in [0.15, 0.2) is 0 Å². The Morgan fingerprint density at radius 2 is 1.59 bits per heavy atom. The molecule has 0 atom stereocenters. The first kappa shape index (κ1) is 13.2. The second-order valence-electron chi connectivity index (χ2n) is 3.73. The zero-order valence-corrected chi connectivity index (χ0v) is 9.97. The Bertz CT molecular complexity index is 390. The minimum atomic E-state index is -1.01. The summed E-state index contributed by atoms with van der Waals surface area (Å²) in [5, 5.41) is 8.72. The van der Waals surface area contributed by atoms with Crippen LogP contribution in [0.1, 0.15) is 47.4 Å². The Morgan fingerprint density at radius 1 is 1.12 bits per heavy atom. The molecule has 0 saturated heterocycles. The van der Waals surface area contributed by atoms with Crippen molar-refractivity contribution in [3.63, 3.8) is 0 Å². The number of carboxylic acids is 1. The highest BCUT2D eigenvalue weighted by molar-refractivity contribution is 5.92. The van der Waals surface area contributed by atoms with E-state index < -0.39 is 11.9 Å². The summed E-state index contributed by atoms with van der Waals surface area (Å²) in [5.41, 5.74) is 0.533. The van der Waals surface area contributed by atoms with Crippen molar-refractivity contribution >= 4 is 11.9 Å². The van der Waals surface area contributed by atoms with Crippen molar-refractivity contribution in [2.75, 3.05) is 0 Å². The van der Waals surface area contributed by atoms with E-state index in [4.69, 9.17) is 9.84 Å². The van der Waals surface area contributed by atoms with E-state index in [1.807, 2.05) is 13.8 Å². The van der Waals surface area contributed by atoms with Crippen LogP contribution in [0, 0.1) is 0 Å². The molecule has 0 heterocycles. The highest BCUT2D eigenvalue weighted by Crippen LogP contribution is 2.10. The number of hydrogen-bond acceptors (Lipinski definition) is 3. The zero-order valence-electron chi connectivity index (χ0n) is 9.97. The van der Waals surface area contributed by atoms with Gasteiger partial charge in [-0.2, -0.15) is 0 Å². The van der Waals surface area contributed by atoms with Gasteiger partial charge < -0.3 is 9.84 Å². The average molecular weight is 236 g/mol. The van der Waals surface area contributed by atoms with Crippen molar-refractivity contribution in [3.05, 3.63) is 35.4 Å². The number of carboxylic acid groups (broad SMARTS) is 1. The summed E-state index contributed by atoms with van der Waals surface area (Å²) in [6.07, 6.45) is 1.46. The van der Waals surface area contributed by atoms with Gasteiger partial charge in [0.05, 0.1) is 11.1 Å². The molecular weight excluding hydrogens is 220 g/mol. The molecule has 4 nitrogen and oxygen atoms in total. The van der Waals surface area contributed by atoms with E-state index in [1.54, 1.807) is 0 Å². The van der Waals surface area contributed by atoms with Gasteiger partial charge in [0.2, 0.25) is 0 Å². The van der Waals surface area contributed by atoms with Crippen LogP contribution in [0.2, 0.25) is 0 Å². The predicted octanol–water partition coefficient (Wildman–Crippen LogP) is 2.73. The molecule has 4 heteroatoms. The summed E-state index contributed by atoms with van der Waals surface area (Å²) in [7, 11) is 0. The quantitative estimate of drug-likeness (QED) is 0.798. The molecule has 1 aromatic rings. The fraction of sp³-hybridized carbons (Fsp3) is 0.385. The number of carbonyl (C=O) groups excluding carboxylic acids is 1. The lowest BCUT2D eigenvalue weighted by atomic mass is 10.1. The second kappa shape index (κ2) is 6.03. The van der Waals surface area contributed by atoms with Gasteiger partial charge >= 0.3 is 11.9 Å². The van der Waals surface area contributed by atoms with Crippen molar-refractivity contribution in [2.45, 2.75) is 32.8 Å². The maximum Gasteiger partial charge on any atom is 0.338 e. The third kappa shape index (κ3) is 3.59. The lowest BCUT2D eigenvalue weighted by Crippen LogP contribution is -2.16.